The van der Waals surface area contributed by atoms with Crippen LogP contribution in [0.1, 0.15) is 5.69 Å². The van der Waals surface area contributed by atoms with Crippen LogP contribution in [0.4, 0.5) is 4.79 Å². The molecule has 1 N–H and O–H groups in total. The fraction of sp³-hybridized carbons (Fsp3) is 0.429. The Morgan fingerprint density at radius 2 is 2.43 bits per heavy atom. The zero-order valence-electron chi connectivity index (χ0n) is 7.67. The lowest BCUT2D eigenvalue weighted by Crippen LogP contribution is -2.18. The number of amides is 1. The molecule has 0 aromatic carbocycles. The van der Waals surface area contributed by atoms with Crippen molar-refractivity contribution >= 4 is 33.6 Å². The zero-order valence-corrected chi connectivity index (χ0v) is 10.1. The maximum absolute atomic E-state index is 10.8. The van der Waals surface area contributed by atoms with Gasteiger partial charge in [-0.1, -0.05) is 0 Å². The van der Waals surface area contributed by atoms with Crippen LogP contribution in [-0.2, 0) is 11.3 Å². The summed E-state index contributed by atoms with van der Waals surface area (Å²) < 4.78 is 14.6. The van der Waals surface area contributed by atoms with Crippen LogP contribution in [0.3, 0.4) is 0 Å². The molecule has 1 aromatic heterocycles. The Kier molecular flexibility index (Phi) is 4.15. The zero-order chi connectivity index (χ0) is 10.6. The molecule has 0 radical (unpaired) electrons. The first kappa shape index (κ1) is 11.3. The van der Waals surface area contributed by atoms with E-state index in [-0.39, 0.29) is 6.61 Å². The van der Waals surface area contributed by atoms with Crippen LogP contribution in [0.2, 0.25) is 0 Å². The fourth-order valence-electron chi connectivity index (χ4n) is 0.717. The Morgan fingerprint density at radius 1 is 1.71 bits per heavy atom. The number of carbonyl (C=O) groups excluding carboxylic acids is 1. The van der Waals surface area contributed by atoms with Crippen LogP contribution in [0.5, 0.6) is 5.06 Å². The molecule has 0 atom stereocenters. The molecule has 0 fully saturated rings. The predicted octanol–water partition coefficient (Wildman–Crippen LogP) is 1.77. The van der Waals surface area contributed by atoms with E-state index in [0.29, 0.717) is 10.8 Å². The number of aromatic nitrogens is 1. The Balaban J connectivity index is 2.59. The second-order valence-electron chi connectivity index (χ2n) is 2.26. The van der Waals surface area contributed by atoms with Crippen LogP contribution in [-0.4, -0.2) is 24.6 Å². The van der Waals surface area contributed by atoms with Gasteiger partial charge in [0.05, 0.1) is 11.6 Å². The van der Waals surface area contributed by atoms with Gasteiger partial charge in [0.2, 0.25) is 5.06 Å². The van der Waals surface area contributed by atoms with Crippen LogP contribution in [0.25, 0.3) is 0 Å². The van der Waals surface area contributed by atoms with Crippen LogP contribution >= 0.6 is 27.5 Å². The topological polar surface area (TPSA) is 60.5 Å². The maximum atomic E-state index is 10.8. The summed E-state index contributed by atoms with van der Waals surface area (Å²) >= 11 is 4.50. The Bertz CT molecular complexity index is 329. The third-order valence-corrected chi connectivity index (χ3v) is 3.33. The van der Waals surface area contributed by atoms with Gasteiger partial charge in [0.25, 0.3) is 0 Å². The summed E-state index contributed by atoms with van der Waals surface area (Å²) in [7, 11) is 3.06. The van der Waals surface area contributed by atoms with E-state index in [9.17, 15) is 4.79 Å². The second kappa shape index (κ2) is 5.16. The van der Waals surface area contributed by atoms with Crippen LogP contribution in [0.15, 0.2) is 4.47 Å². The van der Waals surface area contributed by atoms with Crippen molar-refractivity contribution in [3.05, 3.63) is 10.2 Å². The van der Waals surface area contributed by atoms with Gasteiger partial charge in [-0.15, -0.1) is 0 Å². The Hall–Kier alpha value is -0.820. The van der Waals surface area contributed by atoms with E-state index < -0.39 is 6.09 Å². The summed E-state index contributed by atoms with van der Waals surface area (Å²) in [6.45, 7) is 0.125. The monoisotopic (exact) mass is 280 g/mol. The molecule has 78 valence electrons. The number of nitrogens with zero attached hydrogens (tertiary/aromatic N) is 1. The SMILES string of the molecule is CNC(=O)OCc1nsc(OC)c1Br. The number of ether oxygens (including phenoxy) is 2. The highest BCUT2D eigenvalue weighted by molar-refractivity contribution is 9.10. The number of nitrogens with one attached hydrogen (secondary N) is 1. The number of hydrogen-bond donors (Lipinski definition) is 1. The standard InChI is InChI=1S/C7H9BrN2O3S/c1-9-7(11)13-3-4-5(8)6(12-2)14-10-4/h3H2,1-2H3,(H,9,11). The predicted molar refractivity (Wildman–Crippen MR) is 55.6 cm³/mol. The van der Waals surface area contributed by atoms with E-state index in [0.717, 1.165) is 4.47 Å². The third-order valence-electron chi connectivity index (χ3n) is 1.40. The lowest BCUT2D eigenvalue weighted by atomic mass is 10.4. The van der Waals surface area contributed by atoms with Gasteiger partial charge in [0.15, 0.2) is 0 Å². The Labute approximate surface area is 93.7 Å². The minimum atomic E-state index is -0.483. The molecule has 1 heterocycles. The minimum absolute atomic E-state index is 0.125. The summed E-state index contributed by atoms with van der Waals surface area (Å²) in [5.74, 6) is 0. The van der Waals surface area contributed by atoms with E-state index in [2.05, 4.69) is 25.6 Å². The quantitative estimate of drug-likeness (QED) is 0.917. The van der Waals surface area contributed by atoms with Crippen molar-refractivity contribution in [1.29, 1.82) is 0 Å². The van der Waals surface area contributed by atoms with E-state index in [4.69, 9.17) is 9.47 Å². The molecule has 5 nitrogen and oxygen atoms in total. The molecule has 1 aromatic rings. The molecule has 0 saturated carbocycles. The van der Waals surface area contributed by atoms with Crippen molar-refractivity contribution in [2.75, 3.05) is 14.2 Å². The number of carbonyl (C=O) groups is 1. The summed E-state index contributed by atoms with van der Waals surface area (Å²) in [5.41, 5.74) is 0.649. The lowest BCUT2D eigenvalue weighted by Gasteiger charge is -2.01. The number of hydrogen-bond acceptors (Lipinski definition) is 5. The molecule has 0 aliphatic carbocycles. The smallest absolute Gasteiger partial charge is 0.407 e. The molecular weight excluding hydrogens is 272 g/mol. The first-order chi connectivity index (χ1) is 6.69. The molecule has 0 aliphatic heterocycles. The van der Waals surface area contributed by atoms with Gasteiger partial charge in [0, 0.05) is 18.6 Å². The highest BCUT2D eigenvalue weighted by atomic mass is 79.9. The van der Waals surface area contributed by atoms with Crippen molar-refractivity contribution in [2.45, 2.75) is 6.61 Å². The van der Waals surface area contributed by atoms with Crippen molar-refractivity contribution in [1.82, 2.24) is 9.69 Å². The highest BCUT2D eigenvalue weighted by Gasteiger charge is 2.12. The van der Waals surface area contributed by atoms with Gasteiger partial charge in [-0.05, 0) is 15.9 Å². The van der Waals surface area contributed by atoms with Crippen molar-refractivity contribution in [2.24, 2.45) is 0 Å². The number of methoxy groups -OCH3 is 1. The van der Waals surface area contributed by atoms with Crippen molar-refractivity contribution in [3.8, 4) is 5.06 Å². The van der Waals surface area contributed by atoms with E-state index in [1.165, 1.54) is 18.6 Å². The molecule has 0 unspecified atom stereocenters. The molecular formula is C7H9BrN2O3S. The van der Waals surface area contributed by atoms with Gasteiger partial charge >= 0.3 is 6.09 Å². The van der Waals surface area contributed by atoms with Gasteiger partial charge in [-0.3, -0.25) is 0 Å². The first-order valence-corrected chi connectivity index (χ1v) is 5.28. The summed E-state index contributed by atoms with van der Waals surface area (Å²) in [5, 5.41) is 3.01. The van der Waals surface area contributed by atoms with Gasteiger partial charge in [0.1, 0.15) is 12.3 Å². The van der Waals surface area contributed by atoms with Gasteiger partial charge in [-0.25, -0.2) is 4.79 Å². The van der Waals surface area contributed by atoms with E-state index >= 15 is 0 Å². The molecule has 0 spiro atoms. The van der Waals surface area contributed by atoms with Crippen LogP contribution < -0.4 is 10.1 Å². The van der Waals surface area contributed by atoms with Crippen molar-refractivity contribution < 1.29 is 14.3 Å². The number of alkyl carbamates (subject to hydrolysis) is 1. The second-order valence-corrected chi connectivity index (χ2v) is 3.79. The first-order valence-electron chi connectivity index (χ1n) is 3.71. The largest absolute Gasteiger partial charge is 0.485 e. The summed E-state index contributed by atoms with van der Waals surface area (Å²) in [6.07, 6.45) is -0.483. The van der Waals surface area contributed by atoms with Gasteiger partial charge in [-0.2, -0.15) is 4.37 Å². The molecule has 1 amide bonds. The average molecular weight is 281 g/mol. The maximum Gasteiger partial charge on any atom is 0.407 e. The average Bonchev–Trinajstić information content (AvgIpc) is 2.56. The Morgan fingerprint density at radius 3 is 2.93 bits per heavy atom. The van der Waals surface area contributed by atoms with Crippen LogP contribution in [0, 0.1) is 0 Å². The van der Waals surface area contributed by atoms with E-state index in [1.807, 2.05) is 0 Å². The number of halogens is 1. The molecule has 0 bridgehead atoms. The molecule has 0 saturated heterocycles. The normalized spacial score (nSPS) is 9.64. The molecule has 1 rings (SSSR count). The van der Waals surface area contributed by atoms with Crippen molar-refractivity contribution in [3.63, 3.8) is 0 Å². The third kappa shape index (κ3) is 2.58. The molecule has 14 heavy (non-hydrogen) atoms. The number of rotatable bonds is 3. The highest BCUT2D eigenvalue weighted by Crippen LogP contribution is 2.32. The summed E-state index contributed by atoms with van der Waals surface area (Å²) in [6, 6.07) is 0. The molecule has 0 aliphatic rings. The van der Waals surface area contributed by atoms with Gasteiger partial charge < -0.3 is 14.8 Å². The fourth-order valence-corrected chi connectivity index (χ4v) is 2.03. The molecule has 7 heteroatoms. The lowest BCUT2D eigenvalue weighted by molar-refractivity contribution is 0.140. The van der Waals surface area contributed by atoms with E-state index in [1.54, 1.807) is 7.11 Å². The summed E-state index contributed by atoms with van der Waals surface area (Å²) in [4.78, 5) is 10.8. The minimum Gasteiger partial charge on any atom is -0.485 e.